The van der Waals surface area contributed by atoms with Gasteiger partial charge in [-0.15, -0.1) is 0 Å². The molecule has 1 N–H and O–H groups in total. The number of pyridine rings is 1. The van der Waals surface area contributed by atoms with Crippen molar-refractivity contribution in [3.05, 3.63) is 23.9 Å². The van der Waals surface area contributed by atoms with Crippen molar-refractivity contribution in [3.63, 3.8) is 0 Å². The van der Waals surface area contributed by atoms with Crippen LogP contribution < -0.4 is 10.1 Å². The summed E-state index contributed by atoms with van der Waals surface area (Å²) in [4.78, 5) is 3.91. The Bertz CT molecular complexity index is 356. The third-order valence-electron chi connectivity index (χ3n) is 2.99. The maximum atomic E-state index is 12.3. The molecule has 1 saturated heterocycles. The Morgan fingerprint density at radius 3 is 2.88 bits per heavy atom. The Morgan fingerprint density at radius 2 is 2.29 bits per heavy atom. The minimum atomic E-state index is -2.48. The minimum absolute atomic E-state index is 0.0734. The third kappa shape index (κ3) is 3.12. The van der Waals surface area contributed by atoms with Gasteiger partial charge in [0.1, 0.15) is 6.10 Å². The average molecular weight is 242 g/mol. The van der Waals surface area contributed by atoms with Gasteiger partial charge in [-0.3, -0.25) is 0 Å². The van der Waals surface area contributed by atoms with Gasteiger partial charge < -0.3 is 10.1 Å². The molecule has 0 bridgehead atoms. The summed E-state index contributed by atoms with van der Waals surface area (Å²) < 4.78 is 30.4. The van der Waals surface area contributed by atoms with Gasteiger partial charge in [-0.05, 0) is 19.0 Å². The van der Waals surface area contributed by atoms with Crippen LogP contribution in [0.4, 0.5) is 8.78 Å². The van der Waals surface area contributed by atoms with Crippen LogP contribution in [-0.2, 0) is 0 Å². The first-order valence-corrected chi connectivity index (χ1v) is 5.78. The van der Waals surface area contributed by atoms with Gasteiger partial charge in [0.25, 0.3) is 6.43 Å². The first-order valence-electron chi connectivity index (χ1n) is 5.78. The van der Waals surface area contributed by atoms with Crippen molar-refractivity contribution in [1.29, 1.82) is 0 Å². The zero-order valence-corrected chi connectivity index (χ0v) is 9.70. The largest absolute Gasteiger partial charge is 0.474 e. The van der Waals surface area contributed by atoms with Crippen LogP contribution in [0.5, 0.6) is 5.88 Å². The van der Waals surface area contributed by atoms with Crippen LogP contribution in [0, 0.1) is 5.92 Å². The maximum Gasteiger partial charge on any atom is 0.265 e. The number of halogens is 2. The summed E-state index contributed by atoms with van der Waals surface area (Å²) >= 11 is 0. The van der Waals surface area contributed by atoms with E-state index in [4.69, 9.17) is 4.74 Å². The molecule has 1 aliphatic rings. The SMILES string of the molecule is C[C@@H]1CNCC[C@@H]1Oc1ccc(C(F)F)cn1. The van der Waals surface area contributed by atoms with E-state index >= 15 is 0 Å². The molecule has 94 valence electrons. The van der Waals surface area contributed by atoms with Gasteiger partial charge in [0, 0.05) is 30.3 Å². The molecule has 3 nitrogen and oxygen atoms in total. The monoisotopic (exact) mass is 242 g/mol. The van der Waals surface area contributed by atoms with Crippen LogP contribution in [-0.4, -0.2) is 24.2 Å². The van der Waals surface area contributed by atoms with Crippen molar-refractivity contribution in [1.82, 2.24) is 10.3 Å². The summed E-state index contributed by atoms with van der Waals surface area (Å²) in [7, 11) is 0. The van der Waals surface area contributed by atoms with Crippen molar-refractivity contribution in [3.8, 4) is 5.88 Å². The van der Waals surface area contributed by atoms with Crippen LogP contribution in [0.1, 0.15) is 25.3 Å². The standard InChI is InChI=1S/C12H16F2N2O/c1-8-6-15-5-4-10(8)17-11-3-2-9(7-16-11)12(13)14/h2-3,7-8,10,12,15H,4-6H2,1H3/t8-,10+/m1/s1. The second kappa shape index (κ2) is 5.40. The molecule has 2 atom stereocenters. The van der Waals surface area contributed by atoms with E-state index in [9.17, 15) is 8.78 Å². The topological polar surface area (TPSA) is 34.1 Å². The van der Waals surface area contributed by atoms with Crippen molar-refractivity contribution in [2.45, 2.75) is 25.9 Å². The van der Waals surface area contributed by atoms with E-state index in [1.807, 2.05) is 0 Å². The molecule has 0 aromatic carbocycles. The third-order valence-corrected chi connectivity index (χ3v) is 2.99. The Morgan fingerprint density at radius 1 is 1.47 bits per heavy atom. The number of ether oxygens (including phenoxy) is 1. The van der Waals surface area contributed by atoms with E-state index < -0.39 is 6.43 Å². The zero-order valence-electron chi connectivity index (χ0n) is 9.70. The molecule has 0 aliphatic carbocycles. The van der Waals surface area contributed by atoms with Gasteiger partial charge in [0.05, 0.1) is 0 Å². The van der Waals surface area contributed by atoms with E-state index in [0.717, 1.165) is 19.5 Å². The molecule has 0 spiro atoms. The lowest BCUT2D eigenvalue weighted by molar-refractivity contribution is 0.106. The summed E-state index contributed by atoms with van der Waals surface area (Å²) in [6.45, 7) is 3.94. The number of hydrogen-bond acceptors (Lipinski definition) is 3. The predicted molar refractivity (Wildman–Crippen MR) is 60.3 cm³/mol. The van der Waals surface area contributed by atoms with E-state index in [1.165, 1.54) is 18.3 Å². The normalized spacial score (nSPS) is 24.9. The fourth-order valence-corrected chi connectivity index (χ4v) is 1.91. The van der Waals surface area contributed by atoms with Crippen LogP contribution in [0.3, 0.4) is 0 Å². The smallest absolute Gasteiger partial charge is 0.265 e. The molecule has 5 heteroatoms. The molecule has 2 heterocycles. The number of piperidine rings is 1. The molecule has 1 aliphatic heterocycles. The van der Waals surface area contributed by atoms with Crippen LogP contribution >= 0.6 is 0 Å². The fraction of sp³-hybridized carbons (Fsp3) is 0.583. The number of nitrogens with one attached hydrogen (secondary N) is 1. The van der Waals surface area contributed by atoms with E-state index in [0.29, 0.717) is 11.8 Å². The highest BCUT2D eigenvalue weighted by Crippen LogP contribution is 2.22. The van der Waals surface area contributed by atoms with Gasteiger partial charge >= 0.3 is 0 Å². The average Bonchev–Trinajstić information content (AvgIpc) is 2.33. The molecule has 1 aromatic rings. The lowest BCUT2D eigenvalue weighted by atomic mass is 9.98. The van der Waals surface area contributed by atoms with Crippen molar-refractivity contribution in [2.75, 3.05) is 13.1 Å². The zero-order chi connectivity index (χ0) is 12.3. The molecular formula is C12H16F2N2O. The Hall–Kier alpha value is -1.23. The molecule has 0 radical (unpaired) electrons. The molecular weight excluding hydrogens is 226 g/mol. The van der Waals surface area contributed by atoms with Gasteiger partial charge in [-0.25, -0.2) is 13.8 Å². The molecule has 2 rings (SSSR count). The predicted octanol–water partition coefficient (Wildman–Crippen LogP) is 2.40. The van der Waals surface area contributed by atoms with E-state index in [1.54, 1.807) is 0 Å². The quantitative estimate of drug-likeness (QED) is 0.883. The number of aromatic nitrogens is 1. The van der Waals surface area contributed by atoms with Crippen molar-refractivity contribution < 1.29 is 13.5 Å². The van der Waals surface area contributed by atoms with Crippen LogP contribution in [0.2, 0.25) is 0 Å². The Labute approximate surface area is 99.2 Å². The first-order chi connectivity index (χ1) is 8.16. The Kier molecular flexibility index (Phi) is 3.89. The summed E-state index contributed by atoms with van der Waals surface area (Å²) in [5, 5.41) is 3.27. The number of nitrogens with zero attached hydrogens (tertiary/aromatic N) is 1. The lowest BCUT2D eigenvalue weighted by Crippen LogP contribution is -2.41. The number of hydrogen-bond donors (Lipinski definition) is 1. The molecule has 0 amide bonds. The first kappa shape index (κ1) is 12.2. The van der Waals surface area contributed by atoms with Gasteiger partial charge in [0.2, 0.25) is 5.88 Å². The molecule has 0 unspecified atom stereocenters. The summed E-state index contributed by atoms with van der Waals surface area (Å²) in [5.41, 5.74) is -0.0734. The molecule has 17 heavy (non-hydrogen) atoms. The van der Waals surface area contributed by atoms with Gasteiger partial charge in [-0.2, -0.15) is 0 Å². The Balaban J connectivity index is 1.98. The highest BCUT2D eigenvalue weighted by atomic mass is 19.3. The fourth-order valence-electron chi connectivity index (χ4n) is 1.91. The van der Waals surface area contributed by atoms with Gasteiger partial charge in [-0.1, -0.05) is 6.92 Å². The molecule has 1 fully saturated rings. The summed E-state index contributed by atoms with van der Waals surface area (Å²) in [6, 6.07) is 2.87. The summed E-state index contributed by atoms with van der Waals surface area (Å²) in [6.07, 6.45) is -0.277. The second-order valence-electron chi connectivity index (χ2n) is 4.36. The molecule has 1 aromatic heterocycles. The van der Waals surface area contributed by atoms with Crippen LogP contribution in [0.25, 0.3) is 0 Å². The molecule has 0 saturated carbocycles. The van der Waals surface area contributed by atoms with Crippen molar-refractivity contribution in [2.24, 2.45) is 5.92 Å². The van der Waals surface area contributed by atoms with Gasteiger partial charge in [0.15, 0.2) is 0 Å². The minimum Gasteiger partial charge on any atom is -0.474 e. The highest BCUT2D eigenvalue weighted by molar-refractivity contribution is 5.18. The number of alkyl halides is 2. The maximum absolute atomic E-state index is 12.3. The lowest BCUT2D eigenvalue weighted by Gasteiger charge is -2.29. The van der Waals surface area contributed by atoms with E-state index in [-0.39, 0.29) is 11.7 Å². The van der Waals surface area contributed by atoms with Crippen LogP contribution in [0.15, 0.2) is 18.3 Å². The number of rotatable bonds is 3. The second-order valence-corrected chi connectivity index (χ2v) is 4.36. The summed E-state index contributed by atoms with van der Waals surface area (Å²) in [5.74, 6) is 0.827. The van der Waals surface area contributed by atoms with E-state index in [2.05, 4.69) is 17.2 Å². The van der Waals surface area contributed by atoms with Crippen molar-refractivity contribution >= 4 is 0 Å². The highest BCUT2D eigenvalue weighted by Gasteiger charge is 2.23.